The summed E-state index contributed by atoms with van der Waals surface area (Å²) in [7, 11) is 0. The van der Waals surface area contributed by atoms with Crippen molar-refractivity contribution in [2.24, 2.45) is 10.2 Å². The van der Waals surface area contributed by atoms with Crippen LogP contribution in [0.3, 0.4) is 0 Å². The zero-order valence-electron chi connectivity index (χ0n) is 11.9. The third-order valence-electron chi connectivity index (χ3n) is 3.08. The molecule has 0 aliphatic rings. The molecule has 7 heteroatoms. The molecule has 0 spiro atoms. The molecule has 22 heavy (non-hydrogen) atoms. The van der Waals surface area contributed by atoms with Crippen molar-refractivity contribution in [2.75, 3.05) is 0 Å². The molecule has 1 N–H and O–H groups in total. The molecule has 0 radical (unpaired) electrons. The highest BCUT2D eigenvalue weighted by Gasteiger charge is 2.21. The number of carbonyl (C=O) groups is 2. The lowest BCUT2D eigenvalue weighted by molar-refractivity contribution is -0.136. The quantitative estimate of drug-likeness (QED) is 0.382. The number of ketones is 1. The van der Waals surface area contributed by atoms with Crippen molar-refractivity contribution < 1.29 is 14.7 Å². The summed E-state index contributed by atoms with van der Waals surface area (Å²) >= 11 is 6.81. The van der Waals surface area contributed by atoms with E-state index in [0.29, 0.717) is 16.1 Å². The molecule has 0 amide bonds. The van der Waals surface area contributed by atoms with Crippen LogP contribution in [0.2, 0.25) is 0 Å². The molecule has 1 unspecified atom stereocenters. The summed E-state index contributed by atoms with van der Waals surface area (Å²) in [5.41, 5.74) is 0.323. The van der Waals surface area contributed by atoms with Gasteiger partial charge in [-0.3, -0.25) is 4.79 Å². The Hall–Kier alpha value is -2.05. The summed E-state index contributed by atoms with van der Waals surface area (Å²) in [6.07, 6.45) is 0. The maximum absolute atomic E-state index is 12.6. The molecule has 0 fully saturated rings. The van der Waals surface area contributed by atoms with Gasteiger partial charge in [0.2, 0.25) is 5.50 Å². The number of azo groups is 1. The second-order valence-electron chi connectivity index (χ2n) is 4.55. The van der Waals surface area contributed by atoms with Crippen LogP contribution in [0.15, 0.2) is 40.6 Å². The summed E-state index contributed by atoms with van der Waals surface area (Å²) < 4.78 is 0. The number of nitrogens with zero attached hydrogens (tertiary/aromatic N) is 2. The van der Waals surface area contributed by atoms with Gasteiger partial charge in [0.25, 0.3) is 0 Å². The Kier molecular flexibility index (Phi) is 5.05. The van der Waals surface area contributed by atoms with Crippen LogP contribution in [0.1, 0.15) is 26.4 Å². The molecular weight excluding hydrogens is 324 g/mol. The summed E-state index contributed by atoms with van der Waals surface area (Å²) in [6.45, 7) is 3.70. The summed E-state index contributed by atoms with van der Waals surface area (Å²) in [6, 6.07) is 8.83. The molecule has 1 heterocycles. The van der Waals surface area contributed by atoms with Crippen molar-refractivity contribution in [2.45, 2.75) is 19.3 Å². The van der Waals surface area contributed by atoms with Gasteiger partial charge in [0, 0.05) is 10.4 Å². The molecule has 2 aromatic rings. The fourth-order valence-corrected chi connectivity index (χ4v) is 2.86. The van der Waals surface area contributed by atoms with E-state index in [9.17, 15) is 9.59 Å². The van der Waals surface area contributed by atoms with Gasteiger partial charge in [-0.2, -0.15) is 5.11 Å². The van der Waals surface area contributed by atoms with Gasteiger partial charge < -0.3 is 5.11 Å². The molecule has 0 saturated heterocycles. The van der Waals surface area contributed by atoms with E-state index < -0.39 is 11.5 Å². The van der Waals surface area contributed by atoms with Crippen LogP contribution in [0.4, 0.5) is 5.00 Å². The minimum atomic E-state index is -1.47. The van der Waals surface area contributed by atoms with Crippen molar-refractivity contribution >= 4 is 39.7 Å². The highest BCUT2D eigenvalue weighted by Crippen LogP contribution is 2.36. The monoisotopic (exact) mass is 336 g/mol. The molecular formula is C15H13ClN2O3S. The average Bonchev–Trinajstić information content (AvgIpc) is 2.79. The van der Waals surface area contributed by atoms with Gasteiger partial charge in [-0.05, 0) is 19.4 Å². The predicted octanol–water partition coefficient (Wildman–Crippen LogP) is 4.33. The highest BCUT2D eigenvalue weighted by atomic mass is 35.5. The van der Waals surface area contributed by atoms with Crippen LogP contribution in [-0.4, -0.2) is 22.4 Å². The maximum atomic E-state index is 12.6. The smallest absolute Gasteiger partial charge is 0.345 e. The van der Waals surface area contributed by atoms with Gasteiger partial charge in [-0.1, -0.05) is 41.9 Å². The van der Waals surface area contributed by atoms with Gasteiger partial charge in [0.05, 0.1) is 5.56 Å². The number of benzene rings is 1. The highest BCUT2D eigenvalue weighted by molar-refractivity contribution is 7.16. The van der Waals surface area contributed by atoms with Gasteiger partial charge in [0.1, 0.15) is 5.00 Å². The largest absolute Gasteiger partial charge is 0.479 e. The van der Waals surface area contributed by atoms with Crippen molar-refractivity contribution in [3.05, 3.63) is 51.9 Å². The van der Waals surface area contributed by atoms with Crippen LogP contribution >= 0.6 is 22.9 Å². The lowest BCUT2D eigenvalue weighted by Crippen LogP contribution is -2.09. The van der Waals surface area contributed by atoms with Crippen LogP contribution < -0.4 is 0 Å². The summed E-state index contributed by atoms with van der Waals surface area (Å²) in [5.74, 6) is -1.45. The average molecular weight is 337 g/mol. The van der Waals surface area contributed by atoms with E-state index in [1.807, 2.05) is 19.9 Å². The zero-order valence-corrected chi connectivity index (χ0v) is 13.5. The topological polar surface area (TPSA) is 79.1 Å². The minimum absolute atomic E-state index is 0.169. The molecule has 1 aromatic heterocycles. The lowest BCUT2D eigenvalue weighted by atomic mass is 10.0. The number of alkyl halides is 1. The number of thiophene rings is 1. The molecule has 0 saturated carbocycles. The van der Waals surface area contributed by atoms with Crippen molar-refractivity contribution in [3.63, 3.8) is 0 Å². The van der Waals surface area contributed by atoms with E-state index in [1.165, 1.54) is 11.3 Å². The third kappa shape index (κ3) is 3.40. The fourth-order valence-electron chi connectivity index (χ4n) is 1.83. The SMILES string of the molecule is Cc1sc(N=NC(Cl)C(=O)O)c(C(=O)c2ccccc2)c1C. The summed E-state index contributed by atoms with van der Waals surface area (Å²) in [5, 5.41) is 16.5. The molecule has 1 atom stereocenters. The molecule has 114 valence electrons. The van der Waals surface area contributed by atoms with E-state index >= 15 is 0 Å². The van der Waals surface area contributed by atoms with Gasteiger partial charge in [0.15, 0.2) is 5.78 Å². The number of carbonyl (C=O) groups excluding carboxylic acids is 1. The minimum Gasteiger partial charge on any atom is -0.479 e. The molecule has 2 rings (SSSR count). The van der Waals surface area contributed by atoms with Crippen LogP contribution in [-0.2, 0) is 4.79 Å². The van der Waals surface area contributed by atoms with E-state index in [-0.39, 0.29) is 5.78 Å². The standard InChI is InChI=1S/C15H13ClN2O3S/c1-8-9(2)22-14(18-17-13(16)15(20)21)11(8)12(19)10-6-4-3-5-7-10/h3-7,13H,1-2H3,(H,20,21). The van der Waals surface area contributed by atoms with Crippen LogP contribution in [0, 0.1) is 13.8 Å². The van der Waals surface area contributed by atoms with E-state index in [4.69, 9.17) is 16.7 Å². The van der Waals surface area contributed by atoms with E-state index in [0.717, 1.165) is 10.4 Å². The first-order valence-corrected chi connectivity index (χ1v) is 7.64. The number of hydrogen-bond donors (Lipinski definition) is 1. The number of aliphatic carboxylic acids is 1. The van der Waals surface area contributed by atoms with Gasteiger partial charge >= 0.3 is 5.97 Å². The van der Waals surface area contributed by atoms with Crippen LogP contribution in [0.5, 0.6) is 0 Å². The first-order chi connectivity index (χ1) is 10.4. The van der Waals surface area contributed by atoms with Crippen LogP contribution in [0.25, 0.3) is 0 Å². The molecule has 1 aromatic carbocycles. The van der Waals surface area contributed by atoms with Crippen molar-refractivity contribution in [1.29, 1.82) is 0 Å². The molecule has 0 aliphatic carbocycles. The first-order valence-electron chi connectivity index (χ1n) is 6.39. The van der Waals surface area contributed by atoms with Gasteiger partial charge in [-0.15, -0.1) is 16.5 Å². The lowest BCUT2D eigenvalue weighted by Gasteiger charge is -2.02. The van der Waals surface area contributed by atoms with E-state index in [2.05, 4.69) is 10.2 Å². The van der Waals surface area contributed by atoms with Gasteiger partial charge in [-0.25, -0.2) is 4.79 Å². The predicted molar refractivity (Wildman–Crippen MR) is 85.5 cm³/mol. The maximum Gasteiger partial charge on any atom is 0.345 e. The molecule has 0 aliphatic heterocycles. The van der Waals surface area contributed by atoms with E-state index in [1.54, 1.807) is 24.3 Å². The Morgan fingerprint density at radius 2 is 1.86 bits per heavy atom. The number of rotatable bonds is 5. The molecule has 0 bridgehead atoms. The number of hydrogen-bond acceptors (Lipinski definition) is 5. The first kappa shape index (κ1) is 16.3. The fraction of sp³-hybridized carbons (Fsp3) is 0.200. The second-order valence-corrected chi connectivity index (χ2v) is 6.16. The van der Waals surface area contributed by atoms with Crippen molar-refractivity contribution in [3.8, 4) is 0 Å². The Labute approximate surface area is 136 Å². The Morgan fingerprint density at radius 3 is 2.45 bits per heavy atom. The normalized spacial score (nSPS) is 12.5. The zero-order chi connectivity index (χ0) is 16.3. The number of aryl methyl sites for hydroxylation is 1. The molecule has 5 nitrogen and oxygen atoms in total. The Balaban J connectivity index is 2.43. The van der Waals surface area contributed by atoms with Crippen molar-refractivity contribution in [1.82, 2.24) is 0 Å². The Morgan fingerprint density at radius 1 is 1.23 bits per heavy atom. The third-order valence-corrected chi connectivity index (χ3v) is 4.45. The number of halogens is 1. The number of carboxylic acid groups (broad SMARTS) is 1. The number of carboxylic acids is 1. The second kappa shape index (κ2) is 6.81. The Bertz CT molecular complexity index is 741. The summed E-state index contributed by atoms with van der Waals surface area (Å²) in [4.78, 5) is 24.2.